The minimum Gasteiger partial charge on any atom is -0.361 e. The summed E-state index contributed by atoms with van der Waals surface area (Å²) in [6, 6.07) is 0. The number of carbonyl (C=O) groups excluding carboxylic acids is 1. The summed E-state index contributed by atoms with van der Waals surface area (Å²) < 4.78 is 31.2. The minimum absolute atomic E-state index is 0.242. The lowest BCUT2D eigenvalue weighted by Gasteiger charge is -2.38. The summed E-state index contributed by atoms with van der Waals surface area (Å²) in [5, 5.41) is 0. The number of rotatable bonds is 1. The Bertz CT molecular complexity index is 203. The summed E-state index contributed by atoms with van der Waals surface area (Å²) in [5.41, 5.74) is -1.90. The Balaban J connectivity index is 2.91. The van der Waals surface area contributed by atoms with E-state index < -0.39 is 17.3 Å². The zero-order chi connectivity index (χ0) is 9.41. The maximum Gasteiger partial charge on any atom is 0.283 e. The summed E-state index contributed by atoms with van der Waals surface area (Å²) in [7, 11) is 0. The van der Waals surface area contributed by atoms with Gasteiger partial charge in [-0.2, -0.15) is 0 Å². The van der Waals surface area contributed by atoms with Gasteiger partial charge >= 0.3 is 0 Å². The smallest absolute Gasteiger partial charge is 0.283 e. The Labute approximate surface area is 69.9 Å². The van der Waals surface area contributed by atoms with Gasteiger partial charge in [0.15, 0.2) is 11.4 Å². The lowest BCUT2D eigenvalue weighted by Crippen LogP contribution is -2.55. The Morgan fingerprint density at radius 2 is 2.08 bits per heavy atom. The number of halogens is 2. The third kappa shape index (κ3) is 1.24. The van der Waals surface area contributed by atoms with Gasteiger partial charge in [-0.05, 0) is 20.3 Å². The standard InChI is InChI=1S/C8H12F2O2/c1-6(11)7(2)8(9,10)4-3-5-12-7/h3-5H2,1-2H3. The van der Waals surface area contributed by atoms with Crippen LogP contribution >= 0.6 is 0 Å². The summed E-state index contributed by atoms with van der Waals surface area (Å²) in [4.78, 5) is 10.9. The van der Waals surface area contributed by atoms with Crippen molar-refractivity contribution in [2.75, 3.05) is 6.61 Å². The van der Waals surface area contributed by atoms with Crippen LogP contribution in [0, 0.1) is 0 Å². The van der Waals surface area contributed by atoms with E-state index in [-0.39, 0.29) is 13.0 Å². The molecule has 1 heterocycles. The molecule has 4 heteroatoms. The summed E-state index contributed by atoms with van der Waals surface area (Å²) in [6.45, 7) is 2.54. The molecular weight excluding hydrogens is 166 g/mol. The van der Waals surface area contributed by atoms with Crippen molar-refractivity contribution in [3.63, 3.8) is 0 Å². The van der Waals surface area contributed by atoms with Gasteiger partial charge in [0, 0.05) is 13.0 Å². The van der Waals surface area contributed by atoms with Crippen LogP contribution in [0.1, 0.15) is 26.7 Å². The third-order valence-electron chi connectivity index (χ3n) is 2.40. The van der Waals surface area contributed by atoms with Crippen LogP contribution in [-0.4, -0.2) is 23.9 Å². The molecule has 0 bridgehead atoms. The van der Waals surface area contributed by atoms with Gasteiger partial charge < -0.3 is 4.74 Å². The average Bonchev–Trinajstić information content (AvgIpc) is 1.95. The highest BCUT2D eigenvalue weighted by Gasteiger charge is 2.56. The SMILES string of the molecule is CC(=O)C1(C)OCCCC1(F)F. The van der Waals surface area contributed by atoms with Crippen LogP contribution in [0.25, 0.3) is 0 Å². The molecule has 0 N–H and O–H groups in total. The van der Waals surface area contributed by atoms with Crippen molar-refractivity contribution in [2.24, 2.45) is 0 Å². The van der Waals surface area contributed by atoms with Crippen molar-refractivity contribution in [3.8, 4) is 0 Å². The molecule has 70 valence electrons. The minimum atomic E-state index is -3.02. The molecule has 0 radical (unpaired) electrons. The second-order valence-electron chi connectivity index (χ2n) is 3.25. The van der Waals surface area contributed by atoms with E-state index in [0.29, 0.717) is 6.42 Å². The molecule has 0 aromatic heterocycles. The molecule has 0 saturated carbocycles. The molecule has 1 aliphatic rings. The summed E-state index contributed by atoms with van der Waals surface area (Å²) in [6.07, 6.45) is 0.0545. The molecular formula is C8H12F2O2. The largest absolute Gasteiger partial charge is 0.361 e. The predicted molar refractivity (Wildman–Crippen MR) is 39.2 cm³/mol. The average molecular weight is 178 g/mol. The molecule has 1 unspecified atom stereocenters. The molecule has 2 nitrogen and oxygen atoms in total. The molecule has 12 heavy (non-hydrogen) atoms. The van der Waals surface area contributed by atoms with E-state index in [1.165, 1.54) is 0 Å². The number of ether oxygens (including phenoxy) is 1. The number of carbonyl (C=O) groups is 1. The van der Waals surface area contributed by atoms with Crippen LogP contribution in [0.15, 0.2) is 0 Å². The van der Waals surface area contributed by atoms with Crippen molar-refractivity contribution in [2.45, 2.75) is 38.2 Å². The fraction of sp³-hybridized carbons (Fsp3) is 0.875. The lowest BCUT2D eigenvalue weighted by atomic mass is 9.88. The number of ketones is 1. The number of hydrogen-bond acceptors (Lipinski definition) is 2. The highest BCUT2D eigenvalue weighted by atomic mass is 19.3. The number of alkyl halides is 2. The van der Waals surface area contributed by atoms with Gasteiger partial charge in [0.05, 0.1) is 0 Å². The topological polar surface area (TPSA) is 26.3 Å². The van der Waals surface area contributed by atoms with E-state index in [1.54, 1.807) is 0 Å². The molecule has 0 spiro atoms. The Morgan fingerprint density at radius 3 is 2.42 bits per heavy atom. The number of hydrogen-bond donors (Lipinski definition) is 0. The van der Waals surface area contributed by atoms with Crippen molar-refractivity contribution < 1.29 is 18.3 Å². The fourth-order valence-corrected chi connectivity index (χ4v) is 1.27. The highest BCUT2D eigenvalue weighted by molar-refractivity contribution is 5.85. The quantitative estimate of drug-likeness (QED) is 0.611. The molecule has 0 aromatic rings. The van der Waals surface area contributed by atoms with Crippen LogP contribution in [0.4, 0.5) is 8.78 Å². The molecule has 0 aliphatic carbocycles. The molecule has 1 atom stereocenters. The van der Waals surface area contributed by atoms with E-state index in [1.807, 2.05) is 0 Å². The molecule has 1 fully saturated rings. The van der Waals surface area contributed by atoms with E-state index in [9.17, 15) is 13.6 Å². The molecule has 1 aliphatic heterocycles. The Morgan fingerprint density at radius 1 is 1.50 bits per heavy atom. The van der Waals surface area contributed by atoms with Crippen LogP contribution in [-0.2, 0) is 9.53 Å². The van der Waals surface area contributed by atoms with Gasteiger partial charge in [0.1, 0.15) is 0 Å². The zero-order valence-corrected chi connectivity index (χ0v) is 7.19. The van der Waals surface area contributed by atoms with Crippen LogP contribution in [0.3, 0.4) is 0 Å². The van der Waals surface area contributed by atoms with E-state index in [2.05, 4.69) is 0 Å². The first-order chi connectivity index (χ1) is 5.40. The lowest BCUT2D eigenvalue weighted by molar-refractivity contribution is -0.223. The molecule has 1 saturated heterocycles. The zero-order valence-electron chi connectivity index (χ0n) is 7.19. The second-order valence-corrected chi connectivity index (χ2v) is 3.25. The van der Waals surface area contributed by atoms with Gasteiger partial charge in [0.2, 0.25) is 0 Å². The Kier molecular flexibility index (Phi) is 2.21. The van der Waals surface area contributed by atoms with Gasteiger partial charge in [-0.3, -0.25) is 4.79 Å². The van der Waals surface area contributed by atoms with Crippen LogP contribution in [0.5, 0.6) is 0 Å². The highest BCUT2D eigenvalue weighted by Crippen LogP contribution is 2.40. The van der Waals surface area contributed by atoms with E-state index >= 15 is 0 Å². The first-order valence-corrected chi connectivity index (χ1v) is 3.93. The molecule has 0 amide bonds. The van der Waals surface area contributed by atoms with Gasteiger partial charge in [0.25, 0.3) is 5.92 Å². The van der Waals surface area contributed by atoms with Crippen molar-refractivity contribution >= 4 is 5.78 Å². The van der Waals surface area contributed by atoms with Crippen molar-refractivity contribution in [1.82, 2.24) is 0 Å². The van der Waals surface area contributed by atoms with Crippen LogP contribution < -0.4 is 0 Å². The second kappa shape index (κ2) is 2.76. The first-order valence-electron chi connectivity index (χ1n) is 3.93. The third-order valence-corrected chi connectivity index (χ3v) is 2.40. The first kappa shape index (κ1) is 9.58. The molecule has 1 rings (SSSR count). The number of Topliss-reactive ketones (excluding diaryl/α,β-unsaturated/α-hetero) is 1. The maximum atomic E-state index is 13.2. The van der Waals surface area contributed by atoms with E-state index in [4.69, 9.17) is 4.74 Å². The predicted octanol–water partition coefficient (Wildman–Crippen LogP) is 1.78. The van der Waals surface area contributed by atoms with Gasteiger partial charge in [-0.15, -0.1) is 0 Å². The fourth-order valence-electron chi connectivity index (χ4n) is 1.27. The normalized spacial score (nSPS) is 34.7. The van der Waals surface area contributed by atoms with Crippen molar-refractivity contribution in [3.05, 3.63) is 0 Å². The maximum absolute atomic E-state index is 13.2. The summed E-state index contributed by atoms with van der Waals surface area (Å²) >= 11 is 0. The Hall–Kier alpha value is -0.510. The van der Waals surface area contributed by atoms with Gasteiger partial charge in [-0.25, -0.2) is 8.78 Å². The van der Waals surface area contributed by atoms with Crippen LogP contribution in [0.2, 0.25) is 0 Å². The molecule has 0 aromatic carbocycles. The summed E-state index contributed by atoms with van der Waals surface area (Å²) in [5.74, 6) is -3.62. The van der Waals surface area contributed by atoms with Gasteiger partial charge in [-0.1, -0.05) is 0 Å². The van der Waals surface area contributed by atoms with E-state index in [0.717, 1.165) is 13.8 Å². The van der Waals surface area contributed by atoms with Crippen molar-refractivity contribution in [1.29, 1.82) is 0 Å². The monoisotopic (exact) mass is 178 g/mol.